The van der Waals surface area contributed by atoms with Gasteiger partial charge in [0.05, 0.1) is 5.76 Å². The van der Waals surface area contributed by atoms with Crippen molar-refractivity contribution in [3.8, 4) is 0 Å². The van der Waals surface area contributed by atoms with Crippen molar-refractivity contribution in [2.45, 2.75) is 55.4 Å². The second-order valence-corrected chi connectivity index (χ2v) is 7.60. The Bertz CT molecular complexity index is 360. The van der Waals surface area contributed by atoms with Crippen molar-refractivity contribution in [3.05, 3.63) is 23.5 Å². The van der Waals surface area contributed by atoms with E-state index >= 15 is 0 Å². The van der Waals surface area contributed by atoms with Gasteiger partial charge in [-0.15, -0.1) is 0 Å². The third kappa shape index (κ3) is 2.17. The molecule has 1 N–H and O–H groups in total. The summed E-state index contributed by atoms with van der Waals surface area (Å²) in [5, 5.41) is 10.3. The molecule has 0 amide bonds. The first-order valence-electron chi connectivity index (χ1n) is 6.54. The van der Waals surface area contributed by atoms with Crippen LogP contribution in [0.15, 0.2) is 23.5 Å². The molecule has 1 aliphatic rings. The minimum absolute atomic E-state index is 0.0394. The fourth-order valence-corrected chi connectivity index (χ4v) is 2.95. The van der Waals surface area contributed by atoms with Crippen LogP contribution in [0.3, 0.4) is 0 Å². The number of rotatable bonds is 0. The average molecular weight is 236 g/mol. The van der Waals surface area contributed by atoms with E-state index in [9.17, 15) is 5.11 Å². The Hall–Kier alpha value is -0.720. The average Bonchev–Trinajstić information content (AvgIpc) is 2.10. The van der Waals surface area contributed by atoms with Gasteiger partial charge in [-0.1, -0.05) is 67.0 Å². The number of allylic oxidation sites excluding steroid dienone is 4. The molecule has 1 rings (SSSR count). The summed E-state index contributed by atoms with van der Waals surface area (Å²) in [6.07, 6.45) is 4.00. The van der Waals surface area contributed by atoms with Crippen molar-refractivity contribution in [2.75, 3.05) is 0 Å². The maximum atomic E-state index is 10.3. The van der Waals surface area contributed by atoms with E-state index in [1.54, 1.807) is 0 Å². The molecule has 0 aromatic carbocycles. The summed E-state index contributed by atoms with van der Waals surface area (Å²) < 4.78 is 0. The molecule has 0 radical (unpaired) electrons. The van der Waals surface area contributed by atoms with Gasteiger partial charge in [-0.25, -0.2) is 0 Å². The SMILES string of the molecule is CC1C(C(C)(C)C)=CC=C(O)C1(C)C(C)(C)C. The lowest BCUT2D eigenvalue weighted by atomic mass is 9.54. The van der Waals surface area contributed by atoms with Crippen molar-refractivity contribution in [1.29, 1.82) is 0 Å². The van der Waals surface area contributed by atoms with Crippen molar-refractivity contribution in [3.63, 3.8) is 0 Å². The van der Waals surface area contributed by atoms with E-state index in [0.29, 0.717) is 11.7 Å². The zero-order valence-corrected chi connectivity index (χ0v) is 12.7. The number of hydrogen-bond acceptors (Lipinski definition) is 1. The van der Waals surface area contributed by atoms with Gasteiger partial charge in [0, 0.05) is 5.41 Å². The second kappa shape index (κ2) is 3.90. The van der Waals surface area contributed by atoms with Crippen molar-refractivity contribution in [2.24, 2.45) is 22.2 Å². The molecule has 0 bridgehead atoms. The Kier molecular flexibility index (Phi) is 3.29. The largest absolute Gasteiger partial charge is 0.512 e. The summed E-state index contributed by atoms with van der Waals surface area (Å²) in [4.78, 5) is 0. The molecule has 0 aromatic rings. The van der Waals surface area contributed by atoms with Crippen LogP contribution in [0.4, 0.5) is 0 Å². The summed E-state index contributed by atoms with van der Waals surface area (Å²) in [5.41, 5.74) is 1.43. The Morgan fingerprint density at radius 2 is 1.53 bits per heavy atom. The highest BCUT2D eigenvalue weighted by Gasteiger charge is 2.49. The number of aliphatic hydroxyl groups excluding tert-OH is 1. The van der Waals surface area contributed by atoms with Gasteiger partial charge in [-0.3, -0.25) is 0 Å². The van der Waals surface area contributed by atoms with E-state index in [0.717, 1.165) is 0 Å². The number of aliphatic hydroxyl groups is 1. The van der Waals surface area contributed by atoms with Crippen LogP contribution in [0.25, 0.3) is 0 Å². The van der Waals surface area contributed by atoms with Crippen LogP contribution in [0.5, 0.6) is 0 Å². The van der Waals surface area contributed by atoms with Gasteiger partial charge < -0.3 is 5.11 Å². The minimum atomic E-state index is -0.190. The number of hydrogen-bond donors (Lipinski definition) is 1. The fraction of sp³-hybridized carbons (Fsp3) is 0.750. The maximum absolute atomic E-state index is 10.3. The monoisotopic (exact) mass is 236 g/mol. The molecule has 2 atom stereocenters. The molecular weight excluding hydrogens is 208 g/mol. The van der Waals surface area contributed by atoms with Crippen molar-refractivity contribution < 1.29 is 5.11 Å². The first kappa shape index (κ1) is 14.3. The lowest BCUT2D eigenvalue weighted by molar-refractivity contribution is 0.0420. The molecule has 0 saturated carbocycles. The van der Waals surface area contributed by atoms with Crippen LogP contribution in [0.2, 0.25) is 0 Å². The van der Waals surface area contributed by atoms with Crippen LogP contribution < -0.4 is 0 Å². The molecule has 0 spiro atoms. The van der Waals surface area contributed by atoms with Crippen LogP contribution in [0.1, 0.15) is 55.4 Å². The van der Waals surface area contributed by atoms with E-state index in [-0.39, 0.29) is 16.2 Å². The lowest BCUT2D eigenvalue weighted by Gasteiger charge is -2.50. The first-order chi connectivity index (χ1) is 7.42. The molecule has 2 unspecified atom stereocenters. The highest BCUT2D eigenvalue weighted by atomic mass is 16.3. The van der Waals surface area contributed by atoms with Crippen molar-refractivity contribution in [1.82, 2.24) is 0 Å². The van der Waals surface area contributed by atoms with Crippen molar-refractivity contribution >= 4 is 0 Å². The molecule has 0 fully saturated rings. The fourth-order valence-electron chi connectivity index (χ4n) is 2.95. The van der Waals surface area contributed by atoms with Gasteiger partial charge in [0.15, 0.2) is 0 Å². The molecule has 0 heterocycles. The molecule has 0 aromatic heterocycles. The van der Waals surface area contributed by atoms with E-state index in [1.165, 1.54) is 5.57 Å². The summed E-state index contributed by atoms with van der Waals surface area (Å²) in [5.74, 6) is 0.873. The lowest BCUT2D eigenvalue weighted by Crippen LogP contribution is -2.44. The second-order valence-electron chi connectivity index (χ2n) is 7.60. The molecule has 1 nitrogen and oxygen atoms in total. The molecule has 1 heteroatoms. The molecular formula is C16H28O. The Labute approximate surface area is 107 Å². The van der Waals surface area contributed by atoms with E-state index < -0.39 is 0 Å². The highest BCUT2D eigenvalue weighted by molar-refractivity contribution is 5.33. The van der Waals surface area contributed by atoms with E-state index in [4.69, 9.17) is 0 Å². The smallest absolute Gasteiger partial charge is 0.0992 e. The van der Waals surface area contributed by atoms with Gasteiger partial charge in [0.25, 0.3) is 0 Å². The van der Waals surface area contributed by atoms with Gasteiger partial charge in [-0.2, -0.15) is 0 Å². The summed E-state index contributed by atoms with van der Waals surface area (Å²) in [6.45, 7) is 17.8. The van der Waals surface area contributed by atoms with Gasteiger partial charge in [0.2, 0.25) is 0 Å². The van der Waals surface area contributed by atoms with Crippen LogP contribution >= 0.6 is 0 Å². The standard InChI is InChI=1S/C16H28O/c1-11-12(14(2,3)4)9-10-13(17)16(11,8)15(5,6)7/h9-11,17H,1-8H3. The zero-order valence-electron chi connectivity index (χ0n) is 12.7. The zero-order chi connectivity index (χ0) is 13.6. The summed E-state index contributed by atoms with van der Waals surface area (Å²) in [7, 11) is 0. The normalized spacial score (nSPS) is 30.9. The molecule has 98 valence electrons. The van der Waals surface area contributed by atoms with Gasteiger partial charge >= 0.3 is 0 Å². The van der Waals surface area contributed by atoms with Gasteiger partial charge in [0.1, 0.15) is 0 Å². The third-order valence-electron chi connectivity index (χ3n) is 4.71. The van der Waals surface area contributed by atoms with E-state index in [1.807, 2.05) is 6.08 Å². The third-order valence-corrected chi connectivity index (χ3v) is 4.71. The quantitative estimate of drug-likeness (QED) is 0.620. The highest BCUT2D eigenvalue weighted by Crippen LogP contribution is 2.55. The van der Waals surface area contributed by atoms with Crippen LogP contribution in [-0.2, 0) is 0 Å². The van der Waals surface area contributed by atoms with Gasteiger partial charge in [-0.05, 0) is 22.8 Å². The summed E-state index contributed by atoms with van der Waals surface area (Å²) in [6, 6.07) is 0. The predicted octanol–water partition coefficient (Wildman–Crippen LogP) is 5.10. The topological polar surface area (TPSA) is 20.2 Å². The Morgan fingerprint density at radius 3 is 1.88 bits per heavy atom. The van der Waals surface area contributed by atoms with Crippen LogP contribution in [0, 0.1) is 22.2 Å². The Balaban J connectivity index is 3.33. The summed E-state index contributed by atoms with van der Waals surface area (Å²) >= 11 is 0. The maximum Gasteiger partial charge on any atom is 0.0992 e. The molecule has 0 saturated heterocycles. The molecule has 1 aliphatic carbocycles. The minimum Gasteiger partial charge on any atom is -0.512 e. The Morgan fingerprint density at radius 1 is 1.06 bits per heavy atom. The first-order valence-corrected chi connectivity index (χ1v) is 6.54. The van der Waals surface area contributed by atoms with Crippen LogP contribution in [-0.4, -0.2) is 5.11 Å². The molecule has 0 aliphatic heterocycles. The predicted molar refractivity (Wildman–Crippen MR) is 75.0 cm³/mol. The molecule has 17 heavy (non-hydrogen) atoms. The van der Waals surface area contributed by atoms with E-state index in [2.05, 4.69) is 61.5 Å².